The minimum atomic E-state index is -0.646. The molecule has 4 heterocycles. The largest absolute Gasteiger partial charge is 0.384 e. The van der Waals surface area contributed by atoms with Gasteiger partial charge < -0.3 is 10.0 Å². The van der Waals surface area contributed by atoms with Crippen LogP contribution in [0.15, 0.2) is 41.8 Å². The summed E-state index contributed by atoms with van der Waals surface area (Å²) in [6.07, 6.45) is 6.52. The Morgan fingerprint density at radius 1 is 1.09 bits per heavy atom. The molecule has 5 rings (SSSR count). The van der Waals surface area contributed by atoms with Crippen LogP contribution in [0.5, 0.6) is 0 Å². The van der Waals surface area contributed by atoms with E-state index in [4.69, 9.17) is 0 Å². The lowest BCUT2D eigenvalue weighted by atomic mass is 9.71. The predicted octanol–water partition coefficient (Wildman–Crippen LogP) is 3.83. The molecule has 2 bridgehead atoms. The lowest BCUT2D eigenvalue weighted by Gasteiger charge is -2.50. The second-order valence-electron chi connectivity index (χ2n) is 6.45. The summed E-state index contributed by atoms with van der Waals surface area (Å²) >= 11 is 1.74. The zero-order chi connectivity index (χ0) is 15.0. The van der Waals surface area contributed by atoms with Crippen LogP contribution in [-0.2, 0) is 5.60 Å². The second kappa shape index (κ2) is 5.65. The standard InChI is InChI=1S/C19H21NOS/c21-19(14-20-11-9-17(19)10-12-20)16-6-3-15(4-7-16)5-8-18-2-1-13-22-18/h1-8,13,17,21H,9-12,14H2/b8-5+. The van der Waals surface area contributed by atoms with Gasteiger partial charge in [0.05, 0.1) is 0 Å². The van der Waals surface area contributed by atoms with E-state index < -0.39 is 5.60 Å². The molecule has 0 amide bonds. The average Bonchev–Trinajstić information content (AvgIpc) is 3.08. The van der Waals surface area contributed by atoms with Crippen molar-refractivity contribution in [3.63, 3.8) is 0 Å². The van der Waals surface area contributed by atoms with Gasteiger partial charge in [0, 0.05) is 11.4 Å². The fourth-order valence-electron chi connectivity index (χ4n) is 3.81. The summed E-state index contributed by atoms with van der Waals surface area (Å²) in [6, 6.07) is 12.6. The smallest absolute Gasteiger partial charge is 0.105 e. The first-order valence-electron chi connectivity index (χ1n) is 8.01. The Hall–Kier alpha value is -1.42. The molecule has 0 radical (unpaired) electrons. The van der Waals surface area contributed by atoms with Gasteiger partial charge in [-0.3, -0.25) is 0 Å². The third-order valence-corrected chi connectivity index (χ3v) is 5.96. The highest BCUT2D eigenvalue weighted by Crippen LogP contribution is 2.42. The van der Waals surface area contributed by atoms with Crippen LogP contribution in [0.4, 0.5) is 0 Å². The van der Waals surface area contributed by atoms with Crippen LogP contribution in [0.3, 0.4) is 0 Å². The zero-order valence-corrected chi connectivity index (χ0v) is 13.4. The van der Waals surface area contributed by atoms with Gasteiger partial charge in [0.2, 0.25) is 0 Å². The van der Waals surface area contributed by atoms with Gasteiger partial charge in [0.25, 0.3) is 0 Å². The van der Waals surface area contributed by atoms with Crippen LogP contribution in [0, 0.1) is 5.92 Å². The van der Waals surface area contributed by atoms with Crippen LogP contribution in [0.25, 0.3) is 12.2 Å². The summed E-state index contributed by atoms with van der Waals surface area (Å²) in [5, 5.41) is 13.2. The van der Waals surface area contributed by atoms with E-state index in [9.17, 15) is 5.11 Å². The maximum absolute atomic E-state index is 11.1. The third kappa shape index (κ3) is 2.54. The van der Waals surface area contributed by atoms with Crippen molar-refractivity contribution < 1.29 is 5.11 Å². The van der Waals surface area contributed by atoms with E-state index >= 15 is 0 Å². The normalized spacial score (nSPS) is 31.0. The average molecular weight is 311 g/mol. The first kappa shape index (κ1) is 14.2. The molecular formula is C19H21NOS. The van der Waals surface area contributed by atoms with Crippen LogP contribution >= 0.6 is 11.3 Å². The molecule has 1 aromatic carbocycles. The maximum atomic E-state index is 11.1. The van der Waals surface area contributed by atoms with Crippen molar-refractivity contribution in [1.82, 2.24) is 4.90 Å². The molecule has 2 nitrogen and oxygen atoms in total. The van der Waals surface area contributed by atoms with Crippen LogP contribution in [-0.4, -0.2) is 29.6 Å². The minimum Gasteiger partial charge on any atom is -0.384 e. The Bertz CT molecular complexity index is 653. The molecule has 1 unspecified atom stereocenters. The van der Waals surface area contributed by atoms with Crippen molar-refractivity contribution in [2.45, 2.75) is 18.4 Å². The Morgan fingerprint density at radius 3 is 2.45 bits per heavy atom. The molecule has 0 saturated carbocycles. The van der Waals surface area contributed by atoms with E-state index in [2.05, 4.69) is 58.8 Å². The monoisotopic (exact) mass is 311 g/mol. The van der Waals surface area contributed by atoms with Crippen molar-refractivity contribution in [3.05, 3.63) is 57.8 Å². The van der Waals surface area contributed by atoms with E-state index in [-0.39, 0.29) is 0 Å². The highest BCUT2D eigenvalue weighted by atomic mass is 32.1. The summed E-state index contributed by atoms with van der Waals surface area (Å²) in [7, 11) is 0. The van der Waals surface area contributed by atoms with Crippen molar-refractivity contribution >= 4 is 23.5 Å². The highest BCUT2D eigenvalue weighted by Gasteiger charge is 2.46. The quantitative estimate of drug-likeness (QED) is 0.931. The molecule has 0 spiro atoms. The molecule has 3 fully saturated rings. The van der Waals surface area contributed by atoms with Crippen LogP contribution in [0.2, 0.25) is 0 Å². The van der Waals surface area contributed by atoms with Gasteiger partial charge in [-0.15, -0.1) is 11.3 Å². The topological polar surface area (TPSA) is 23.5 Å². The number of piperidine rings is 3. The predicted molar refractivity (Wildman–Crippen MR) is 92.7 cm³/mol. The number of aliphatic hydroxyl groups is 1. The van der Waals surface area contributed by atoms with Crippen molar-refractivity contribution in [2.24, 2.45) is 5.92 Å². The van der Waals surface area contributed by atoms with Gasteiger partial charge >= 0.3 is 0 Å². The lowest BCUT2D eigenvalue weighted by molar-refractivity contribution is -0.117. The summed E-state index contributed by atoms with van der Waals surface area (Å²) in [4.78, 5) is 3.66. The molecular weight excluding hydrogens is 290 g/mol. The molecule has 3 saturated heterocycles. The Morgan fingerprint density at radius 2 is 1.86 bits per heavy atom. The van der Waals surface area contributed by atoms with Crippen molar-refractivity contribution in [1.29, 1.82) is 0 Å². The minimum absolute atomic E-state index is 0.421. The van der Waals surface area contributed by atoms with Crippen molar-refractivity contribution in [3.8, 4) is 0 Å². The van der Waals surface area contributed by atoms with Gasteiger partial charge in [-0.25, -0.2) is 0 Å². The summed E-state index contributed by atoms with van der Waals surface area (Å²) in [5.41, 5.74) is 1.61. The van der Waals surface area contributed by atoms with Gasteiger partial charge in [0.1, 0.15) is 5.60 Å². The van der Waals surface area contributed by atoms with Crippen molar-refractivity contribution in [2.75, 3.05) is 19.6 Å². The van der Waals surface area contributed by atoms with Crippen LogP contribution < -0.4 is 0 Å². The molecule has 1 N–H and O–H groups in total. The molecule has 3 aliphatic rings. The fraction of sp³-hybridized carbons (Fsp3) is 0.368. The number of rotatable bonds is 3. The lowest BCUT2D eigenvalue weighted by Crippen LogP contribution is -2.57. The maximum Gasteiger partial charge on any atom is 0.105 e. The summed E-state index contributed by atoms with van der Waals surface area (Å²) in [5.74, 6) is 0.421. The first-order chi connectivity index (χ1) is 10.7. The van der Waals surface area contributed by atoms with E-state index in [1.807, 2.05) is 0 Å². The first-order valence-corrected chi connectivity index (χ1v) is 8.89. The van der Waals surface area contributed by atoms with E-state index in [0.29, 0.717) is 5.92 Å². The van der Waals surface area contributed by atoms with E-state index in [0.717, 1.165) is 38.0 Å². The SMILES string of the molecule is OC1(c2ccc(/C=C/c3cccs3)cc2)CN2CCC1CC2. The number of hydrogen-bond acceptors (Lipinski definition) is 3. The second-order valence-corrected chi connectivity index (χ2v) is 7.42. The molecule has 114 valence electrons. The Balaban J connectivity index is 1.54. The molecule has 1 aromatic heterocycles. The van der Waals surface area contributed by atoms with E-state index in [1.54, 1.807) is 11.3 Å². The number of fused-ring (bicyclic) bond motifs is 3. The molecule has 3 heteroatoms. The van der Waals surface area contributed by atoms with Crippen LogP contribution in [0.1, 0.15) is 28.8 Å². The molecule has 22 heavy (non-hydrogen) atoms. The molecule has 3 aliphatic heterocycles. The number of nitrogens with zero attached hydrogens (tertiary/aromatic N) is 1. The number of hydrogen-bond donors (Lipinski definition) is 1. The third-order valence-electron chi connectivity index (χ3n) is 5.12. The summed E-state index contributed by atoms with van der Waals surface area (Å²) in [6.45, 7) is 3.09. The Labute approximate surface area is 135 Å². The Kier molecular flexibility index (Phi) is 3.65. The van der Waals surface area contributed by atoms with Gasteiger partial charge in [-0.05, 0) is 60.5 Å². The number of thiophene rings is 1. The molecule has 2 aromatic rings. The molecule has 1 atom stereocenters. The summed E-state index contributed by atoms with van der Waals surface area (Å²) < 4.78 is 0. The zero-order valence-electron chi connectivity index (χ0n) is 12.6. The highest BCUT2D eigenvalue weighted by molar-refractivity contribution is 7.10. The van der Waals surface area contributed by atoms with Gasteiger partial charge in [0.15, 0.2) is 0 Å². The van der Waals surface area contributed by atoms with Gasteiger partial charge in [-0.1, -0.05) is 36.4 Å². The fourth-order valence-corrected chi connectivity index (χ4v) is 4.43. The molecule has 0 aliphatic carbocycles. The van der Waals surface area contributed by atoms with Gasteiger partial charge in [-0.2, -0.15) is 0 Å². The number of benzene rings is 1. The van der Waals surface area contributed by atoms with E-state index in [1.165, 1.54) is 10.4 Å².